The van der Waals surface area contributed by atoms with Gasteiger partial charge in [-0.1, -0.05) is 19.3 Å². The van der Waals surface area contributed by atoms with Crippen molar-refractivity contribution in [2.24, 2.45) is 11.7 Å². The van der Waals surface area contributed by atoms with E-state index >= 15 is 0 Å². The number of rotatable bonds is 6. The van der Waals surface area contributed by atoms with E-state index in [4.69, 9.17) is 15.6 Å². The van der Waals surface area contributed by atoms with Crippen LogP contribution in [0, 0.1) is 5.92 Å². The Morgan fingerprint density at radius 2 is 2.29 bits per heavy atom. The number of nitrogens with two attached hydrogens (primary N) is 1. The fraction of sp³-hybridized carbons (Fsp3) is 0.900. The summed E-state index contributed by atoms with van der Waals surface area (Å²) >= 11 is 0. The number of carboxylic acids is 1. The lowest BCUT2D eigenvalue weighted by molar-refractivity contribution is -0.145. The molecule has 3 N–H and O–H groups in total. The SMILES string of the molecule is CC(N)(COCCC1CCC1)C(=O)O. The Hall–Kier alpha value is -0.610. The van der Waals surface area contributed by atoms with Crippen molar-refractivity contribution in [1.29, 1.82) is 0 Å². The maximum absolute atomic E-state index is 10.6. The molecule has 1 aliphatic rings. The Labute approximate surface area is 84.4 Å². The summed E-state index contributed by atoms with van der Waals surface area (Å²) in [6.45, 7) is 2.19. The predicted octanol–water partition coefficient (Wildman–Crippen LogP) is 0.995. The highest BCUT2D eigenvalue weighted by molar-refractivity contribution is 5.77. The van der Waals surface area contributed by atoms with Gasteiger partial charge in [-0.2, -0.15) is 0 Å². The van der Waals surface area contributed by atoms with Gasteiger partial charge in [0.05, 0.1) is 6.61 Å². The van der Waals surface area contributed by atoms with E-state index in [1.54, 1.807) is 0 Å². The molecule has 0 aromatic rings. The molecule has 0 bridgehead atoms. The molecule has 0 amide bonds. The van der Waals surface area contributed by atoms with Gasteiger partial charge in [-0.25, -0.2) is 0 Å². The molecule has 1 saturated carbocycles. The third kappa shape index (κ3) is 3.27. The van der Waals surface area contributed by atoms with Gasteiger partial charge in [0.15, 0.2) is 0 Å². The summed E-state index contributed by atoms with van der Waals surface area (Å²) in [5, 5.41) is 8.70. The number of hydrogen-bond acceptors (Lipinski definition) is 3. The van der Waals surface area contributed by atoms with Crippen LogP contribution < -0.4 is 5.73 Å². The Balaban J connectivity index is 2.04. The second-order valence-corrected chi connectivity index (χ2v) is 4.36. The zero-order valence-corrected chi connectivity index (χ0v) is 8.66. The molecule has 1 rings (SSSR count). The first-order valence-corrected chi connectivity index (χ1v) is 5.12. The largest absolute Gasteiger partial charge is 0.480 e. The average molecular weight is 201 g/mol. The third-order valence-corrected chi connectivity index (χ3v) is 2.79. The first-order chi connectivity index (χ1) is 6.52. The predicted molar refractivity (Wildman–Crippen MR) is 53.0 cm³/mol. The number of hydrogen-bond donors (Lipinski definition) is 2. The van der Waals surface area contributed by atoms with Crippen molar-refractivity contribution in [3.8, 4) is 0 Å². The van der Waals surface area contributed by atoms with E-state index in [9.17, 15) is 4.79 Å². The monoisotopic (exact) mass is 201 g/mol. The van der Waals surface area contributed by atoms with Gasteiger partial charge in [0, 0.05) is 6.61 Å². The van der Waals surface area contributed by atoms with E-state index in [1.807, 2.05) is 0 Å². The van der Waals surface area contributed by atoms with E-state index < -0.39 is 11.5 Å². The van der Waals surface area contributed by atoms with Gasteiger partial charge >= 0.3 is 5.97 Å². The van der Waals surface area contributed by atoms with Crippen LogP contribution in [0.3, 0.4) is 0 Å². The topological polar surface area (TPSA) is 72.5 Å². The van der Waals surface area contributed by atoms with Crippen molar-refractivity contribution in [3.05, 3.63) is 0 Å². The van der Waals surface area contributed by atoms with Crippen LogP contribution in [0.4, 0.5) is 0 Å². The van der Waals surface area contributed by atoms with Crippen LogP contribution >= 0.6 is 0 Å². The molecule has 1 atom stereocenters. The quantitative estimate of drug-likeness (QED) is 0.629. The molecule has 0 aromatic carbocycles. The molecule has 4 heteroatoms. The number of ether oxygens (including phenoxy) is 1. The zero-order valence-electron chi connectivity index (χ0n) is 8.66. The van der Waals surface area contributed by atoms with E-state index in [2.05, 4.69) is 0 Å². The zero-order chi connectivity index (χ0) is 10.6. The lowest BCUT2D eigenvalue weighted by Gasteiger charge is -2.26. The Morgan fingerprint density at radius 3 is 2.71 bits per heavy atom. The molecule has 0 heterocycles. The van der Waals surface area contributed by atoms with Crippen LogP contribution in [0.25, 0.3) is 0 Å². The van der Waals surface area contributed by atoms with E-state index in [0.29, 0.717) is 6.61 Å². The van der Waals surface area contributed by atoms with Crippen molar-refractivity contribution in [1.82, 2.24) is 0 Å². The Morgan fingerprint density at radius 1 is 1.64 bits per heavy atom. The normalized spacial score (nSPS) is 21.3. The van der Waals surface area contributed by atoms with Crippen LogP contribution in [0.2, 0.25) is 0 Å². The van der Waals surface area contributed by atoms with Crippen LogP contribution in [0.15, 0.2) is 0 Å². The van der Waals surface area contributed by atoms with Gasteiger partial charge in [0.1, 0.15) is 5.54 Å². The van der Waals surface area contributed by atoms with Crippen LogP contribution in [0.1, 0.15) is 32.6 Å². The lowest BCUT2D eigenvalue weighted by atomic mass is 9.83. The Bertz CT molecular complexity index is 200. The van der Waals surface area contributed by atoms with Gasteiger partial charge in [-0.05, 0) is 19.3 Å². The molecule has 1 aliphatic carbocycles. The molecule has 0 radical (unpaired) electrons. The molecular formula is C10H19NO3. The minimum absolute atomic E-state index is 0.0923. The molecule has 1 unspecified atom stereocenters. The molecule has 82 valence electrons. The molecule has 0 saturated heterocycles. The molecule has 0 aliphatic heterocycles. The summed E-state index contributed by atoms with van der Waals surface area (Å²) in [5.74, 6) is -0.218. The lowest BCUT2D eigenvalue weighted by Crippen LogP contribution is -2.49. The first kappa shape index (κ1) is 11.5. The van der Waals surface area contributed by atoms with Crippen molar-refractivity contribution >= 4 is 5.97 Å². The van der Waals surface area contributed by atoms with Gasteiger partial charge in [-0.15, -0.1) is 0 Å². The minimum Gasteiger partial charge on any atom is -0.480 e. The van der Waals surface area contributed by atoms with Crippen LogP contribution in [-0.4, -0.2) is 29.8 Å². The summed E-state index contributed by atoms with van der Waals surface area (Å²) in [5.41, 5.74) is 4.25. The number of aliphatic carboxylic acids is 1. The molecule has 1 fully saturated rings. The summed E-state index contributed by atoms with van der Waals surface area (Å²) in [6, 6.07) is 0. The maximum atomic E-state index is 10.6. The molecule has 4 nitrogen and oxygen atoms in total. The molecular weight excluding hydrogens is 182 g/mol. The first-order valence-electron chi connectivity index (χ1n) is 5.12. The minimum atomic E-state index is -1.25. The summed E-state index contributed by atoms with van der Waals surface area (Å²) < 4.78 is 5.26. The molecule has 0 aromatic heterocycles. The van der Waals surface area contributed by atoms with E-state index in [0.717, 1.165) is 12.3 Å². The van der Waals surface area contributed by atoms with Crippen molar-refractivity contribution < 1.29 is 14.6 Å². The van der Waals surface area contributed by atoms with Crippen molar-refractivity contribution in [2.45, 2.75) is 38.1 Å². The average Bonchev–Trinajstić information content (AvgIpc) is 2.00. The molecule has 0 spiro atoms. The molecule has 14 heavy (non-hydrogen) atoms. The van der Waals surface area contributed by atoms with Gasteiger partial charge in [-0.3, -0.25) is 4.79 Å². The highest BCUT2D eigenvalue weighted by Gasteiger charge is 2.28. The fourth-order valence-electron chi connectivity index (χ4n) is 1.38. The van der Waals surface area contributed by atoms with Gasteiger partial charge in [0.2, 0.25) is 0 Å². The van der Waals surface area contributed by atoms with E-state index in [1.165, 1.54) is 26.2 Å². The number of carboxylic acid groups (broad SMARTS) is 1. The standard InChI is InChI=1S/C10H19NO3/c1-10(11,9(12)13)7-14-6-5-8-3-2-4-8/h8H,2-7,11H2,1H3,(H,12,13). The maximum Gasteiger partial charge on any atom is 0.325 e. The second-order valence-electron chi connectivity index (χ2n) is 4.36. The van der Waals surface area contributed by atoms with Gasteiger partial charge in [0.25, 0.3) is 0 Å². The summed E-state index contributed by atoms with van der Waals surface area (Å²) in [6.07, 6.45) is 4.95. The Kier molecular flexibility index (Phi) is 3.89. The van der Waals surface area contributed by atoms with Crippen LogP contribution in [0.5, 0.6) is 0 Å². The fourth-order valence-corrected chi connectivity index (χ4v) is 1.38. The highest BCUT2D eigenvalue weighted by atomic mass is 16.5. The summed E-state index contributed by atoms with van der Waals surface area (Å²) in [4.78, 5) is 10.6. The summed E-state index contributed by atoms with van der Waals surface area (Å²) in [7, 11) is 0. The van der Waals surface area contributed by atoms with Crippen molar-refractivity contribution in [2.75, 3.05) is 13.2 Å². The van der Waals surface area contributed by atoms with E-state index in [-0.39, 0.29) is 6.61 Å². The smallest absolute Gasteiger partial charge is 0.325 e. The van der Waals surface area contributed by atoms with Gasteiger partial charge < -0.3 is 15.6 Å². The van der Waals surface area contributed by atoms with Crippen molar-refractivity contribution in [3.63, 3.8) is 0 Å². The second kappa shape index (κ2) is 4.75. The third-order valence-electron chi connectivity index (χ3n) is 2.79. The van der Waals surface area contributed by atoms with Crippen LogP contribution in [-0.2, 0) is 9.53 Å². The highest BCUT2D eigenvalue weighted by Crippen LogP contribution is 2.29. The number of carbonyl (C=O) groups is 1.